The Hall–Kier alpha value is -1.10. The number of nitrogens with one attached hydrogen (secondary N) is 1. The molecule has 0 bridgehead atoms. The third-order valence-electron chi connectivity index (χ3n) is 3.58. The first-order valence-electron chi connectivity index (χ1n) is 6.67. The molecule has 0 saturated carbocycles. The van der Waals surface area contributed by atoms with Crippen molar-refractivity contribution in [2.75, 3.05) is 19.8 Å². The third-order valence-corrected chi connectivity index (χ3v) is 3.58. The van der Waals surface area contributed by atoms with Gasteiger partial charge in [0.15, 0.2) is 0 Å². The van der Waals surface area contributed by atoms with Crippen LogP contribution >= 0.6 is 0 Å². The summed E-state index contributed by atoms with van der Waals surface area (Å²) in [7, 11) is 0. The standard InChI is InChI=1S/C13H24N2O3/c1-5-13(4)12(17)15(8-7-9-18-6-2)10(3)11(16)14-13/h10H,5-9H2,1-4H3,(H,14,16). The Morgan fingerprint density at radius 2 is 2.06 bits per heavy atom. The molecular weight excluding hydrogens is 232 g/mol. The summed E-state index contributed by atoms with van der Waals surface area (Å²) in [6.45, 7) is 9.28. The number of hydrogen-bond acceptors (Lipinski definition) is 3. The van der Waals surface area contributed by atoms with E-state index in [0.29, 0.717) is 26.2 Å². The quantitative estimate of drug-likeness (QED) is 0.719. The van der Waals surface area contributed by atoms with Crippen LogP contribution in [0.2, 0.25) is 0 Å². The summed E-state index contributed by atoms with van der Waals surface area (Å²) in [6, 6.07) is -0.390. The van der Waals surface area contributed by atoms with Gasteiger partial charge in [0.1, 0.15) is 11.6 Å². The number of nitrogens with zero attached hydrogens (tertiary/aromatic N) is 1. The number of rotatable bonds is 6. The van der Waals surface area contributed by atoms with Crippen LogP contribution in [0.4, 0.5) is 0 Å². The van der Waals surface area contributed by atoms with Crippen molar-refractivity contribution in [3.05, 3.63) is 0 Å². The number of carbonyl (C=O) groups is 2. The van der Waals surface area contributed by atoms with Gasteiger partial charge in [0.25, 0.3) is 0 Å². The Morgan fingerprint density at radius 3 is 2.61 bits per heavy atom. The molecule has 2 atom stereocenters. The van der Waals surface area contributed by atoms with Crippen LogP contribution in [0.1, 0.15) is 40.5 Å². The summed E-state index contributed by atoms with van der Waals surface area (Å²) in [6.07, 6.45) is 1.36. The molecule has 1 saturated heterocycles. The predicted molar refractivity (Wildman–Crippen MR) is 69.1 cm³/mol. The topological polar surface area (TPSA) is 58.6 Å². The van der Waals surface area contributed by atoms with E-state index >= 15 is 0 Å². The maximum atomic E-state index is 12.4. The molecule has 0 aromatic carbocycles. The van der Waals surface area contributed by atoms with Crippen LogP contribution in [0.5, 0.6) is 0 Å². The second-order valence-corrected chi connectivity index (χ2v) is 4.90. The normalized spacial score (nSPS) is 28.4. The largest absolute Gasteiger partial charge is 0.382 e. The summed E-state index contributed by atoms with van der Waals surface area (Å²) in [5.41, 5.74) is -0.755. The van der Waals surface area contributed by atoms with Crippen LogP contribution in [0.25, 0.3) is 0 Å². The first kappa shape index (κ1) is 15.0. The van der Waals surface area contributed by atoms with Gasteiger partial charge >= 0.3 is 0 Å². The summed E-state index contributed by atoms with van der Waals surface area (Å²) >= 11 is 0. The molecule has 1 rings (SSSR count). The SMILES string of the molecule is CCOCCCN1C(=O)C(C)(CC)NC(=O)C1C. The van der Waals surface area contributed by atoms with Crippen molar-refractivity contribution in [2.24, 2.45) is 0 Å². The van der Waals surface area contributed by atoms with Crippen molar-refractivity contribution in [2.45, 2.75) is 52.1 Å². The highest BCUT2D eigenvalue weighted by Crippen LogP contribution is 2.21. The molecule has 0 aliphatic carbocycles. The van der Waals surface area contributed by atoms with Gasteiger partial charge in [-0.05, 0) is 33.6 Å². The van der Waals surface area contributed by atoms with Gasteiger partial charge in [-0.1, -0.05) is 6.92 Å². The van der Waals surface area contributed by atoms with Crippen molar-refractivity contribution in [1.29, 1.82) is 0 Å². The van der Waals surface area contributed by atoms with Gasteiger partial charge in [-0.2, -0.15) is 0 Å². The maximum Gasteiger partial charge on any atom is 0.248 e. The fourth-order valence-electron chi connectivity index (χ4n) is 2.08. The second kappa shape index (κ2) is 6.18. The molecule has 5 nitrogen and oxygen atoms in total. The first-order valence-corrected chi connectivity index (χ1v) is 6.67. The Labute approximate surface area is 109 Å². The molecule has 1 fully saturated rings. The Bertz CT molecular complexity index is 319. The molecule has 1 aliphatic rings. The lowest BCUT2D eigenvalue weighted by Gasteiger charge is -2.43. The maximum absolute atomic E-state index is 12.4. The van der Waals surface area contributed by atoms with E-state index in [9.17, 15) is 9.59 Å². The average Bonchev–Trinajstić information content (AvgIpc) is 2.36. The average molecular weight is 256 g/mol. The lowest BCUT2D eigenvalue weighted by molar-refractivity contribution is -0.153. The number of hydrogen-bond donors (Lipinski definition) is 1. The summed E-state index contributed by atoms with van der Waals surface area (Å²) in [4.78, 5) is 25.9. The van der Waals surface area contributed by atoms with Crippen molar-refractivity contribution in [3.8, 4) is 0 Å². The summed E-state index contributed by atoms with van der Waals surface area (Å²) in [5, 5.41) is 2.81. The molecule has 5 heteroatoms. The van der Waals surface area contributed by atoms with E-state index in [1.165, 1.54) is 0 Å². The summed E-state index contributed by atoms with van der Waals surface area (Å²) < 4.78 is 5.26. The predicted octanol–water partition coefficient (Wildman–Crippen LogP) is 0.929. The molecule has 2 amide bonds. The number of carbonyl (C=O) groups excluding carboxylic acids is 2. The van der Waals surface area contributed by atoms with E-state index in [-0.39, 0.29) is 11.8 Å². The fourth-order valence-corrected chi connectivity index (χ4v) is 2.08. The number of amides is 2. The Balaban J connectivity index is 2.67. The Kier molecular flexibility index (Phi) is 5.14. The molecule has 0 radical (unpaired) electrons. The second-order valence-electron chi connectivity index (χ2n) is 4.90. The highest BCUT2D eigenvalue weighted by molar-refractivity contribution is 5.99. The van der Waals surface area contributed by atoms with Gasteiger partial charge in [-0.15, -0.1) is 0 Å². The zero-order valence-electron chi connectivity index (χ0n) is 11.8. The molecular formula is C13H24N2O3. The van der Waals surface area contributed by atoms with E-state index in [0.717, 1.165) is 6.42 Å². The molecule has 0 aromatic rings. The zero-order chi connectivity index (χ0) is 13.8. The van der Waals surface area contributed by atoms with Crippen LogP contribution in [-0.4, -0.2) is 48.1 Å². The number of piperazine rings is 1. The molecule has 0 spiro atoms. The summed E-state index contributed by atoms with van der Waals surface area (Å²) in [5.74, 6) is -0.0658. The smallest absolute Gasteiger partial charge is 0.248 e. The van der Waals surface area contributed by atoms with E-state index in [1.54, 1.807) is 18.7 Å². The van der Waals surface area contributed by atoms with Gasteiger partial charge in [0.2, 0.25) is 11.8 Å². The molecule has 1 heterocycles. The lowest BCUT2D eigenvalue weighted by Crippen LogP contribution is -2.68. The third kappa shape index (κ3) is 3.02. The molecule has 18 heavy (non-hydrogen) atoms. The minimum absolute atomic E-state index is 0.00796. The molecule has 1 N–H and O–H groups in total. The first-order chi connectivity index (χ1) is 8.46. The van der Waals surface area contributed by atoms with E-state index in [1.807, 2.05) is 13.8 Å². The van der Waals surface area contributed by atoms with Crippen LogP contribution < -0.4 is 5.32 Å². The molecule has 104 valence electrons. The van der Waals surface area contributed by atoms with Crippen LogP contribution in [-0.2, 0) is 14.3 Å². The van der Waals surface area contributed by atoms with Gasteiger partial charge in [-0.25, -0.2) is 0 Å². The van der Waals surface area contributed by atoms with Gasteiger partial charge < -0.3 is 15.0 Å². The zero-order valence-corrected chi connectivity index (χ0v) is 11.8. The molecule has 2 unspecified atom stereocenters. The number of ether oxygens (including phenoxy) is 1. The highest BCUT2D eigenvalue weighted by atomic mass is 16.5. The van der Waals surface area contributed by atoms with Crippen molar-refractivity contribution >= 4 is 11.8 Å². The van der Waals surface area contributed by atoms with Gasteiger partial charge in [-0.3, -0.25) is 9.59 Å². The van der Waals surface area contributed by atoms with Crippen LogP contribution in [0.15, 0.2) is 0 Å². The minimum Gasteiger partial charge on any atom is -0.382 e. The Morgan fingerprint density at radius 1 is 1.39 bits per heavy atom. The minimum atomic E-state index is -0.755. The van der Waals surface area contributed by atoms with Crippen molar-refractivity contribution in [3.63, 3.8) is 0 Å². The van der Waals surface area contributed by atoms with E-state index in [4.69, 9.17) is 4.74 Å². The van der Waals surface area contributed by atoms with Crippen LogP contribution in [0, 0.1) is 0 Å². The van der Waals surface area contributed by atoms with Crippen molar-refractivity contribution < 1.29 is 14.3 Å². The van der Waals surface area contributed by atoms with E-state index in [2.05, 4.69) is 5.32 Å². The van der Waals surface area contributed by atoms with Gasteiger partial charge in [0, 0.05) is 19.8 Å². The lowest BCUT2D eigenvalue weighted by atomic mass is 9.92. The van der Waals surface area contributed by atoms with Crippen LogP contribution in [0.3, 0.4) is 0 Å². The highest BCUT2D eigenvalue weighted by Gasteiger charge is 2.44. The molecule has 0 aromatic heterocycles. The fraction of sp³-hybridized carbons (Fsp3) is 0.846. The van der Waals surface area contributed by atoms with Crippen molar-refractivity contribution in [1.82, 2.24) is 10.2 Å². The monoisotopic (exact) mass is 256 g/mol. The van der Waals surface area contributed by atoms with E-state index < -0.39 is 11.6 Å². The molecule has 1 aliphatic heterocycles. The van der Waals surface area contributed by atoms with Gasteiger partial charge in [0.05, 0.1) is 0 Å².